The van der Waals surface area contributed by atoms with Gasteiger partial charge in [0.25, 0.3) is 0 Å². The quantitative estimate of drug-likeness (QED) is 0.824. The number of urea groups is 1. The van der Waals surface area contributed by atoms with Gasteiger partial charge in [0.2, 0.25) is 0 Å². The summed E-state index contributed by atoms with van der Waals surface area (Å²) in [5.74, 6) is -0.124. The van der Waals surface area contributed by atoms with Gasteiger partial charge in [-0.25, -0.2) is 4.79 Å². The summed E-state index contributed by atoms with van der Waals surface area (Å²) < 4.78 is 0. The molecule has 2 N–H and O–H groups in total. The van der Waals surface area contributed by atoms with E-state index in [1.165, 1.54) is 12.8 Å². The minimum atomic E-state index is -0.809. The summed E-state index contributed by atoms with van der Waals surface area (Å²) in [6.45, 7) is 9.53. The molecule has 3 fully saturated rings. The van der Waals surface area contributed by atoms with Crippen LogP contribution in [0.25, 0.3) is 0 Å². The van der Waals surface area contributed by atoms with E-state index in [2.05, 4.69) is 26.1 Å². The lowest BCUT2D eigenvalue weighted by Gasteiger charge is -2.40. The van der Waals surface area contributed by atoms with Gasteiger partial charge in [0.15, 0.2) is 0 Å². The van der Waals surface area contributed by atoms with Crippen LogP contribution in [-0.4, -0.2) is 41.1 Å². The second-order valence-corrected chi connectivity index (χ2v) is 8.65. The molecule has 4 atom stereocenters. The SMILES string of the molecule is CC1(C(=O)O)CCN(C(=O)NC2CC3CCC2(C)C3(C)C)C1. The molecule has 2 aliphatic carbocycles. The molecule has 1 aliphatic heterocycles. The van der Waals surface area contributed by atoms with Crippen LogP contribution in [0.15, 0.2) is 0 Å². The molecule has 5 heteroatoms. The maximum atomic E-state index is 12.6. The van der Waals surface area contributed by atoms with Crippen LogP contribution in [-0.2, 0) is 4.79 Å². The highest BCUT2D eigenvalue weighted by molar-refractivity contribution is 5.79. The maximum absolute atomic E-state index is 12.6. The number of hydrogen-bond donors (Lipinski definition) is 2. The van der Waals surface area contributed by atoms with Gasteiger partial charge < -0.3 is 15.3 Å². The van der Waals surface area contributed by atoms with Crippen LogP contribution in [0, 0.1) is 22.2 Å². The number of carboxylic acid groups (broad SMARTS) is 1. The summed E-state index contributed by atoms with van der Waals surface area (Å²) in [4.78, 5) is 25.6. The van der Waals surface area contributed by atoms with Crippen molar-refractivity contribution in [3.8, 4) is 0 Å². The van der Waals surface area contributed by atoms with Crippen molar-refractivity contribution in [3.05, 3.63) is 0 Å². The number of aliphatic carboxylic acids is 1. The standard InChI is InChI=1S/C17H28N2O3/c1-15(2)11-5-6-17(15,4)12(9-11)18-14(22)19-8-7-16(3,10-19)13(20)21/h11-12H,5-10H2,1-4H3,(H,18,22)(H,20,21). The van der Waals surface area contributed by atoms with E-state index in [4.69, 9.17) is 0 Å². The Morgan fingerprint density at radius 2 is 1.86 bits per heavy atom. The average Bonchev–Trinajstić information content (AvgIpc) is 2.99. The Labute approximate surface area is 132 Å². The zero-order valence-corrected chi connectivity index (χ0v) is 14.1. The summed E-state index contributed by atoms with van der Waals surface area (Å²) in [6.07, 6.45) is 4.02. The van der Waals surface area contributed by atoms with Crippen molar-refractivity contribution >= 4 is 12.0 Å². The fourth-order valence-corrected chi connectivity index (χ4v) is 4.97. The van der Waals surface area contributed by atoms with Gasteiger partial charge in [-0.1, -0.05) is 20.8 Å². The van der Waals surface area contributed by atoms with Crippen LogP contribution in [0.5, 0.6) is 0 Å². The van der Waals surface area contributed by atoms with Crippen LogP contribution in [0.1, 0.15) is 53.4 Å². The Balaban J connectivity index is 1.66. The van der Waals surface area contributed by atoms with E-state index in [0.29, 0.717) is 25.4 Å². The third kappa shape index (κ3) is 1.97. The highest BCUT2D eigenvalue weighted by atomic mass is 16.4. The van der Waals surface area contributed by atoms with Crippen LogP contribution in [0.3, 0.4) is 0 Å². The average molecular weight is 308 g/mol. The summed E-state index contributed by atoms with van der Waals surface area (Å²) in [5, 5.41) is 12.5. The van der Waals surface area contributed by atoms with Gasteiger partial charge in [0, 0.05) is 19.1 Å². The van der Waals surface area contributed by atoms with Crippen LogP contribution in [0.2, 0.25) is 0 Å². The predicted molar refractivity (Wildman–Crippen MR) is 83.5 cm³/mol. The van der Waals surface area contributed by atoms with Crippen molar-refractivity contribution in [3.63, 3.8) is 0 Å². The molecule has 5 nitrogen and oxygen atoms in total. The van der Waals surface area contributed by atoms with Gasteiger partial charge in [0.1, 0.15) is 0 Å². The number of nitrogens with zero attached hydrogens (tertiary/aromatic N) is 1. The second kappa shape index (κ2) is 4.62. The number of likely N-dealkylation sites (tertiary alicyclic amines) is 1. The maximum Gasteiger partial charge on any atom is 0.317 e. The number of nitrogens with one attached hydrogen (secondary N) is 1. The Morgan fingerprint density at radius 3 is 2.32 bits per heavy atom. The first-order valence-corrected chi connectivity index (χ1v) is 8.39. The summed E-state index contributed by atoms with van der Waals surface area (Å²) in [5.41, 5.74) is -0.371. The third-order valence-corrected chi connectivity index (χ3v) is 7.37. The first-order chi connectivity index (χ1) is 10.1. The largest absolute Gasteiger partial charge is 0.481 e. The van der Waals surface area contributed by atoms with E-state index in [1.54, 1.807) is 11.8 Å². The number of amides is 2. The van der Waals surface area contributed by atoms with Gasteiger partial charge in [-0.15, -0.1) is 0 Å². The minimum Gasteiger partial charge on any atom is -0.481 e. The number of rotatable bonds is 2. The molecule has 4 unspecified atom stereocenters. The molecule has 2 saturated carbocycles. The van der Waals surface area contributed by atoms with Gasteiger partial charge in [-0.2, -0.15) is 0 Å². The van der Waals surface area contributed by atoms with E-state index in [0.717, 1.165) is 6.42 Å². The molecule has 3 aliphatic rings. The lowest BCUT2D eigenvalue weighted by atomic mass is 9.69. The summed E-state index contributed by atoms with van der Waals surface area (Å²) in [7, 11) is 0. The molecule has 0 spiro atoms. The van der Waals surface area contributed by atoms with E-state index in [9.17, 15) is 14.7 Å². The molecule has 3 rings (SSSR count). The van der Waals surface area contributed by atoms with Crippen LogP contribution < -0.4 is 5.32 Å². The van der Waals surface area contributed by atoms with Crippen molar-refractivity contribution in [2.24, 2.45) is 22.2 Å². The van der Waals surface area contributed by atoms with Crippen molar-refractivity contribution in [1.82, 2.24) is 10.2 Å². The van der Waals surface area contributed by atoms with Gasteiger partial charge >= 0.3 is 12.0 Å². The van der Waals surface area contributed by atoms with Crippen molar-refractivity contribution in [1.29, 1.82) is 0 Å². The fourth-order valence-electron chi connectivity index (χ4n) is 4.97. The number of carbonyl (C=O) groups excluding carboxylic acids is 1. The molecule has 0 radical (unpaired) electrons. The Kier molecular flexibility index (Phi) is 3.28. The highest BCUT2D eigenvalue weighted by Gasteiger charge is 2.61. The van der Waals surface area contributed by atoms with Crippen LogP contribution >= 0.6 is 0 Å². The molecule has 0 aromatic rings. The second-order valence-electron chi connectivity index (χ2n) is 8.65. The lowest BCUT2D eigenvalue weighted by molar-refractivity contribution is -0.147. The van der Waals surface area contributed by atoms with Crippen LogP contribution in [0.4, 0.5) is 4.79 Å². The molecule has 124 valence electrons. The molecule has 0 aromatic carbocycles. The summed E-state index contributed by atoms with van der Waals surface area (Å²) in [6, 6.07) is 0.130. The molecule has 2 amide bonds. The molecular formula is C17H28N2O3. The molecule has 0 aromatic heterocycles. The molecule has 1 heterocycles. The molecule has 22 heavy (non-hydrogen) atoms. The molecule has 1 saturated heterocycles. The van der Waals surface area contributed by atoms with Crippen molar-refractivity contribution < 1.29 is 14.7 Å². The smallest absolute Gasteiger partial charge is 0.317 e. The Bertz CT molecular complexity index is 518. The van der Waals surface area contributed by atoms with Gasteiger partial charge in [-0.3, -0.25) is 4.79 Å². The highest BCUT2D eigenvalue weighted by Crippen LogP contribution is 2.65. The lowest BCUT2D eigenvalue weighted by Crippen LogP contribution is -2.51. The Hall–Kier alpha value is -1.26. The zero-order valence-electron chi connectivity index (χ0n) is 14.1. The summed E-state index contributed by atoms with van der Waals surface area (Å²) >= 11 is 0. The van der Waals surface area contributed by atoms with Crippen molar-refractivity contribution in [2.45, 2.75) is 59.4 Å². The van der Waals surface area contributed by atoms with E-state index >= 15 is 0 Å². The van der Waals surface area contributed by atoms with E-state index in [-0.39, 0.29) is 22.9 Å². The van der Waals surface area contributed by atoms with Crippen molar-refractivity contribution in [2.75, 3.05) is 13.1 Å². The monoisotopic (exact) mass is 308 g/mol. The number of fused-ring (bicyclic) bond motifs is 2. The van der Waals surface area contributed by atoms with Gasteiger partial charge in [0.05, 0.1) is 5.41 Å². The fraction of sp³-hybridized carbons (Fsp3) is 0.882. The minimum absolute atomic E-state index is 0.0837. The van der Waals surface area contributed by atoms with Gasteiger partial charge in [-0.05, 0) is 49.4 Å². The number of carboxylic acids is 1. The predicted octanol–water partition coefficient (Wildman–Crippen LogP) is 2.71. The molecular weight excluding hydrogens is 280 g/mol. The molecule has 2 bridgehead atoms. The first kappa shape index (κ1) is 15.6. The zero-order chi connectivity index (χ0) is 16.3. The third-order valence-electron chi connectivity index (χ3n) is 7.37. The number of carbonyl (C=O) groups is 2. The van der Waals surface area contributed by atoms with E-state index in [1.807, 2.05) is 0 Å². The Morgan fingerprint density at radius 1 is 1.18 bits per heavy atom. The normalized spacial score (nSPS) is 42.6. The first-order valence-electron chi connectivity index (χ1n) is 8.39. The van der Waals surface area contributed by atoms with E-state index < -0.39 is 11.4 Å². The number of hydrogen-bond acceptors (Lipinski definition) is 2. The topological polar surface area (TPSA) is 69.6 Å².